The van der Waals surface area contributed by atoms with E-state index < -0.39 is 11.6 Å². The molecule has 100 valence electrons. The van der Waals surface area contributed by atoms with E-state index in [1.54, 1.807) is 0 Å². The van der Waals surface area contributed by atoms with Crippen LogP contribution in [0.15, 0.2) is 18.2 Å². The highest BCUT2D eigenvalue weighted by Gasteiger charge is 2.13. The fourth-order valence-corrected chi connectivity index (χ4v) is 2.31. The Kier molecular flexibility index (Phi) is 4.93. The summed E-state index contributed by atoms with van der Waals surface area (Å²) in [7, 11) is 0. The first kappa shape index (κ1) is 13.3. The Morgan fingerprint density at radius 1 is 1.11 bits per heavy atom. The minimum absolute atomic E-state index is 0.258. The van der Waals surface area contributed by atoms with E-state index in [1.165, 1.54) is 37.8 Å². The molecule has 0 saturated heterocycles. The Labute approximate surface area is 106 Å². The Morgan fingerprint density at radius 3 is 2.44 bits per heavy atom. The summed E-state index contributed by atoms with van der Waals surface area (Å²) in [5.41, 5.74) is 0. The lowest BCUT2D eigenvalue weighted by atomic mass is 10.2. The van der Waals surface area contributed by atoms with Crippen LogP contribution in [0.5, 0.6) is 5.75 Å². The van der Waals surface area contributed by atoms with Crippen molar-refractivity contribution in [3.63, 3.8) is 0 Å². The van der Waals surface area contributed by atoms with Gasteiger partial charge in [0.25, 0.3) is 0 Å². The van der Waals surface area contributed by atoms with Crippen LogP contribution in [0.1, 0.15) is 32.1 Å². The van der Waals surface area contributed by atoms with Crippen molar-refractivity contribution in [2.45, 2.75) is 38.1 Å². The Hall–Kier alpha value is -1.16. The molecule has 0 atom stereocenters. The van der Waals surface area contributed by atoms with Crippen molar-refractivity contribution in [2.75, 3.05) is 13.2 Å². The smallest absolute Gasteiger partial charge is 0.129 e. The van der Waals surface area contributed by atoms with Gasteiger partial charge in [0.1, 0.15) is 17.4 Å². The van der Waals surface area contributed by atoms with Crippen molar-refractivity contribution in [1.82, 2.24) is 5.32 Å². The summed E-state index contributed by atoms with van der Waals surface area (Å²) in [5, 5.41) is 3.46. The molecular weight excluding hydrogens is 236 g/mol. The number of nitrogens with one attached hydrogen (secondary N) is 1. The molecule has 2 nitrogen and oxygen atoms in total. The minimum Gasteiger partial charge on any atom is -0.493 e. The Bertz CT molecular complexity index is 358. The van der Waals surface area contributed by atoms with Gasteiger partial charge in [-0.15, -0.1) is 0 Å². The fourth-order valence-electron chi connectivity index (χ4n) is 2.31. The van der Waals surface area contributed by atoms with Crippen LogP contribution in [0.2, 0.25) is 0 Å². The van der Waals surface area contributed by atoms with Crippen LogP contribution in [0.25, 0.3) is 0 Å². The third-order valence-corrected chi connectivity index (χ3v) is 3.21. The van der Waals surface area contributed by atoms with Gasteiger partial charge in [0.2, 0.25) is 0 Å². The van der Waals surface area contributed by atoms with Crippen LogP contribution in [0, 0.1) is 11.6 Å². The average molecular weight is 255 g/mol. The second-order valence-corrected chi connectivity index (χ2v) is 4.74. The molecule has 4 heteroatoms. The van der Waals surface area contributed by atoms with Gasteiger partial charge < -0.3 is 10.1 Å². The first-order valence-corrected chi connectivity index (χ1v) is 6.56. The zero-order chi connectivity index (χ0) is 12.8. The number of benzene rings is 1. The summed E-state index contributed by atoms with van der Waals surface area (Å²) in [6.45, 7) is 1.37. The molecule has 0 spiro atoms. The SMILES string of the molecule is Fc1cc(F)cc(OCCCNC2CCCC2)c1. The van der Waals surface area contributed by atoms with Crippen molar-refractivity contribution < 1.29 is 13.5 Å². The largest absolute Gasteiger partial charge is 0.493 e. The number of hydrogen-bond donors (Lipinski definition) is 1. The summed E-state index contributed by atoms with van der Waals surface area (Å²) in [4.78, 5) is 0. The molecule has 1 aromatic carbocycles. The summed E-state index contributed by atoms with van der Waals surface area (Å²) >= 11 is 0. The zero-order valence-electron chi connectivity index (χ0n) is 10.4. The van der Waals surface area contributed by atoms with Gasteiger partial charge in [-0.25, -0.2) is 8.78 Å². The van der Waals surface area contributed by atoms with E-state index in [9.17, 15) is 8.78 Å². The quantitative estimate of drug-likeness (QED) is 0.788. The van der Waals surface area contributed by atoms with Gasteiger partial charge in [0, 0.05) is 24.2 Å². The molecule has 0 heterocycles. The first-order chi connectivity index (χ1) is 8.74. The molecule has 18 heavy (non-hydrogen) atoms. The Balaban J connectivity index is 1.62. The van der Waals surface area contributed by atoms with Gasteiger partial charge in [-0.3, -0.25) is 0 Å². The highest BCUT2D eigenvalue weighted by atomic mass is 19.1. The van der Waals surface area contributed by atoms with Gasteiger partial charge in [0.15, 0.2) is 0 Å². The third kappa shape index (κ3) is 4.26. The molecule has 1 saturated carbocycles. The molecule has 0 unspecified atom stereocenters. The van der Waals surface area contributed by atoms with Crippen molar-refractivity contribution in [2.24, 2.45) is 0 Å². The molecule has 2 rings (SSSR count). The summed E-state index contributed by atoms with van der Waals surface area (Å²) < 4.78 is 31.1. The lowest BCUT2D eigenvalue weighted by Gasteiger charge is -2.12. The predicted octanol–water partition coefficient (Wildman–Crippen LogP) is 3.27. The minimum atomic E-state index is -0.603. The molecule has 1 fully saturated rings. The van der Waals surface area contributed by atoms with Crippen molar-refractivity contribution in [3.05, 3.63) is 29.8 Å². The van der Waals surface area contributed by atoms with Crippen LogP contribution in [0.3, 0.4) is 0 Å². The van der Waals surface area contributed by atoms with E-state index in [-0.39, 0.29) is 5.75 Å². The average Bonchev–Trinajstić information content (AvgIpc) is 2.80. The third-order valence-electron chi connectivity index (χ3n) is 3.21. The van der Waals surface area contributed by atoms with Crippen molar-refractivity contribution >= 4 is 0 Å². The van der Waals surface area contributed by atoms with Crippen LogP contribution >= 0.6 is 0 Å². The molecular formula is C14H19F2NO. The van der Waals surface area contributed by atoms with E-state index in [0.29, 0.717) is 12.6 Å². The van der Waals surface area contributed by atoms with E-state index in [2.05, 4.69) is 5.32 Å². The number of hydrogen-bond acceptors (Lipinski definition) is 2. The van der Waals surface area contributed by atoms with Crippen LogP contribution < -0.4 is 10.1 Å². The maximum Gasteiger partial charge on any atom is 0.129 e. The molecule has 1 aliphatic rings. The van der Waals surface area contributed by atoms with E-state index in [1.807, 2.05) is 0 Å². The molecule has 1 N–H and O–H groups in total. The molecule has 0 radical (unpaired) electrons. The second kappa shape index (κ2) is 6.69. The second-order valence-electron chi connectivity index (χ2n) is 4.74. The highest BCUT2D eigenvalue weighted by Crippen LogP contribution is 2.17. The zero-order valence-corrected chi connectivity index (χ0v) is 10.4. The van der Waals surface area contributed by atoms with Gasteiger partial charge in [-0.05, 0) is 25.8 Å². The van der Waals surface area contributed by atoms with Crippen molar-refractivity contribution in [1.29, 1.82) is 0 Å². The van der Waals surface area contributed by atoms with Crippen LogP contribution in [-0.4, -0.2) is 19.2 Å². The normalized spacial score (nSPS) is 16.1. The van der Waals surface area contributed by atoms with Gasteiger partial charge >= 0.3 is 0 Å². The first-order valence-electron chi connectivity index (χ1n) is 6.56. The number of rotatable bonds is 6. The maximum atomic E-state index is 12.9. The molecule has 0 aliphatic heterocycles. The number of ether oxygens (including phenoxy) is 1. The molecule has 1 aromatic rings. The van der Waals surface area contributed by atoms with E-state index >= 15 is 0 Å². The molecule has 0 amide bonds. The summed E-state index contributed by atoms with van der Waals surface area (Å²) in [5.74, 6) is -0.948. The summed E-state index contributed by atoms with van der Waals surface area (Å²) in [6.07, 6.45) is 5.99. The van der Waals surface area contributed by atoms with Crippen molar-refractivity contribution in [3.8, 4) is 5.75 Å². The molecule has 0 aromatic heterocycles. The van der Waals surface area contributed by atoms with Gasteiger partial charge in [-0.1, -0.05) is 12.8 Å². The van der Waals surface area contributed by atoms with Gasteiger partial charge in [-0.2, -0.15) is 0 Å². The molecule has 0 bridgehead atoms. The maximum absolute atomic E-state index is 12.9. The fraction of sp³-hybridized carbons (Fsp3) is 0.571. The molecule has 1 aliphatic carbocycles. The monoisotopic (exact) mass is 255 g/mol. The Morgan fingerprint density at radius 2 is 1.78 bits per heavy atom. The number of halogens is 2. The highest BCUT2D eigenvalue weighted by molar-refractivity contribution is 5.23. The van der Waals surface area contributed by atoms with E-state index in [0.717, 1.165) is 19.0 Å². The summed E-state index contributed by atoms with van der Waals surface area (Å²) in [6, 6.07) is 3.90. The predicted molar refractivity (Wildman–Crippen MR) is 66.7 cm³/mol. The van der Waals surface area contributed by atoms with Crippen LogP contribution in [-0.2, 0) is 0 Å². The topological polar surface area (TPSA) is 21.3 Å². The standard InChI is InChI=1S/C14H19F2NO/c15-11-8-12(16)10-14(9-11)18-7-3-6-17-13-4-1-2-5-13/h8-10,13,17H,1-7H2. The lowest BCUT2D eigenvalue weighted by Crippen LogP contribution is -2.27. The lowest BCUT2D eigenvalue weighted by molar-refractivity contribution is 0.301. The van der Waals surface area contributed by atoms with Gasteiger partial charge in [0.05, 0.1) is 6.61 Å². The van der Waals surface area contributed by atoms with E-state index in [4.69, 9.17) is 4.74 Å². The van der Waals surface area contributed by atoms with Crippen LogP contribution in [0.4, 0.5) is 8.78 Å².